The molecule has 138 valence electrons. The minimum atomic E-state index is -4.52. The van der Waals surface area contributed by atoms with E-state index in [4.69, 9.17) is 0 Å². The quantitative estimate of drug-likeness (QED) is 0.415. The molecule has 1 fully saturated rings. The third-order valence-electron chi connectivity index (χ3n) is 4.18. The lowest BCUT2D eigenvalue weighted by atomic mass is 9.96. The number of hydrogen-bond acceptors (Lipinski definition) is 5. The topological polar surface area (TPSA) is 64.8 Å². The summed E-state index contributed by atoms with van der Waals surface area (Å²) in [6, 6.07) is 2.96. The molecule has 1 aliphatic carbocycles. The van der Waals surface area contributed by atoms with Gasteiger partial charge < -0.3 is 0 Å². The summed E-state index contributed by atoms with van der Waals surface area (Å²) in [5.74, 6) is -0.682. The van der Waals surface area contributed by atoms with Gasteiger partial charge in [-0.05, 0) is 36.8 Å². The largest absolute Gasteiger partial charge is 0.416 e. The van der Waals surface area contributed by atoms with Gasteiger partial charge >= 0.3 is 6.18 Å². The molecule has 2 aromatic rings. The normalized spacial score (nSPS) is 14.5. The maximum Gasteiger partial charge on any atom is 0.416 e. The van der Waals surface area contributed by atoms with E-state index in [1.165, 1.54) is 22.8 Å². The highest BCUT2D eigenvalue weighted by Crippen LogP contribution is 2.33. The number of halogens is 3. The van der Waals surface area contributed by atoms with Crippen LogP contribution < -0.4 is 0 Å². The molecule has 1 aromatic carbocycles. The second-order valence-electron chi connectivity index (χ2n) is 6.11. The SMILES string of the molecule is CSc1ncnn1Cc1cc(C(F)(F)F)ccc1C(=O)CC(=O)C1CC1. The van der Waals surface area contributed by atoms with E-state index < -0.39 is 17.5 Å². The zero-order valence-electron chi connectivity index (χ0n) is 13.9. The molecule has 0 atom stereocenters. The van der Waals surface area contributed by atoms with Crippen LogP contribution in [0.3, 0.4) is 0 Å². The fourth-order valence-electron chi connectivity index (χ4n) is 2.66. The number of ketones is 2. The molecule has 0 N–H and O–H groups in total. The van der Waals surface area contributed by atoms with Crippen molar-refractivity contribution in [1.29, 1.82) is 0 Å². The van der Waals surface area contributed by atoms with Crippen LogP contribution in [0.1, 0.15) is 40.7 Å². The summed E-state index contributed by atoms with van der Waals surface area (Å²) in [6.45, 7) is -0.0290. The Morgan fingerprint density at radius 2 is 2.04 bits per heavy atom. The van der Waals surface area contributed by atoms with E-state index in [0.717, 1.165) is 31.0 Å². The van der Waals surface area contributed by atoms with Gasteiger partial charge in [0, 0.05) is 11.5 Å². The number of hydrogen-bond donors (Lipinski definition) is 0. The van der Waals surface area contributed by atoms with Crippen molar-refractivity contribution in [3.63, 3.8) is 0 Å². The van der Waals surface area contributed by atoms with Gasteiger partial charge in [0.1, 0.15) is 12.1 Å². The predicted octanol–water partition coefficient (Wildman–Crippen LogP) is 3.62. The maximum atomic E-state index is 13.1. The van der Waals surface area contributed by atoms with E-state index in [0.29, 0.717) is 5.16 Å². The van der Waals surface area contributed by atoms with Crippen molar-refractivity contribution in [2.45, 2.75) is 37.1 Å². The summed E-state index contributed by atoms with van der Waals surface area (Å²) in [7, 11) is 0. The van der Waals surface area contributed by atoms with Gasteiger partial charge in [-0.2, -0.15) is 18.3 Å². The van der Waals surface area contributed by atoms with Gasteiger partial charge in [-0.3, -0.25) is 9.59 Å². The molecule has 0 amide bonds. The first-order valence-corrected chi connectivity index (χ1v) is 9.20. The molecule has 1 aliphatic rings. The molecule has 0 radical (unpaired) electrons. The van der Waals surface area contributed by atoms with Gasteiger partial charge in [-0.25, -0.2) is 9.67 Å². The summed E-state index contributed by atoms with van der Waals surface area (Å²) in [5, 5.41) is 4.52. The predicted molar refractivity (Wildman–Crippen MR) is 89.0 cm³/mol. The van der Waals surface area contributed by atoms with E-state index in [9.17, 15) is 22.8 Å². The van der Waals surface area contributed by atoms with Crippen LogP contribution in [-0.4, -0.2) is 32.6 Å². The Labute approximate surface area is 152 Å². The van der Waals surface area contributed by atoms with Crippen molar-refractivity contribution in [2.24, 2.45) is 5.92 Å². The molecule has 1 saturated carbocycles. The second kappa shape index (κ2) is 7.22. The van der Waals surface area contributed by atoms with E-state index in [-0.39, 0.29) is 35.8 Å². The van der Waals surface area contributed by atoms with Crippen LogP contribution in [0.25, 0.3) is 0 Å². The van der Waals surface area contributed by atoms with Crippen LogP contribution in [0.15, 0.2) is 29.7 Å². The van der Waals surface area contributed by atoms with Gasteiger partial charge in [-0.1, -0.05) is 17.8 Å². The number of aromatic nitrogens is 3. The fraction of sp³-hybridized carbons (Fsp3) is 0.412. The standard InChI is InChI=1S/C17H16F3N3O2S/c1-26-16-21-9-22-23(16)8-11-6-12(17(18,19)20)4-5-13(11)15(25)7-14(24)10-2-3-10/h4-6,9-10H,2-3,7-8H2,1H3. The highest BCUT2D eigenvalue weighted by Gasteiger charge is 2.33. The number of benzene rings is 1. The molecule has 26 heavy (non-hydrogen) atoms. The molecular weight excluding hydrogens is 367 g/mol. The number of carbonyl (C=O) groups is 2. The third kappa shape index (κ3) is 4.14. The third-order valence-corrected chi connectivity index (χ3v) is 4.86. The van der Waals surface area contributed by atoms with Crippen LogP contribution >= 0.6 is 11.8 Å². The van der Waals surface area contributed by atoms with E-state index >= 15 is 0 Å². The molecule has 1 aromatic heterocycles. The summed E-state index contributed by atoms with van der Waals surface area (Å²) in [4.78, 5) is 28.4. The molecule has 0 spiro atoms. The van der Waals surface area contributed by atoms with Crippen LogP contribution in [0.2, 0.25) is 0 Å². The fourth-order valence-corrected chi connectivity index (χ4v) is 3.13. The number of rotatable bonds is 7. The zero-order chi connectivity index (χ0) is 18.9. The monoisotopic (exact) mass is 383 g/mol. The first kappa shape index (κ1) is 18.6. The summed E-state index contributed by atoms with van der Waals surface area (Å²) in [5.41, 5.74) is -0.549. The van der Waals surface area contributed by atoms with Gasteiger partial charge in [0.15, 0.2) is 10.9 Å². The first-order chi connectivity index (χ1) is 12.3. The summed E-state index contributed by atoms with van der Waals surface area (Å²) < 4.78 is 40.6. The Bertz CT molecular complexity index is 844. The molecule has 9 heteroatoms. The highest BCUT2D eigenvalue weighted by molar-refractivity contribution is 7.98. The highest BCUT2D eigenvalue weighted by atomic mass is 32.2. The minimum absolute atomic E-state index is 0.0290. The lowest BCUT2D eigenvalue weighted by molar-refractivity contribution is -0.137. The van der Waals surface area contributed by atoms with Crippen molar-refractivity contribution < 1.29 is 22.8 Å². The van der Waals surface area contributed by atoms with Crippen LogP contribution in [0.5, 0.6) is 0 Å². The molecule has 1 heterocycles. The smallest absolute Gasteiger partial charge is 0.299 e. The Morgan fingerprint density at radius 3 is 2.65 bits per heavy atom. The van der Waals surface area contributed by atoms with Gasteiger partial charge in [0.25, 0.3) is 0 Å². The zero-order valence-corrected chi connectivity index (χ0v) is 14.7. The average Bonchev–Trinajstić information content (AvgIpc) is 3.34. The number of nitrogens with zero attached hydrogens (tertiary/aromatic N) is 3. The molecule has 0 aliphatic heterocycles. The van der Waals surface area contributed by atoms with Crippen LogP contribution in [0.4, 0.5) is 13.2 Å². The number of alkyl halides is 3. The molecule has 0 saturated heterocycles. The minimum Gasteiger partial charge on any atom is -0.299 e. The molecule has 3 rings (SSSR count). The van der Waals surface area contributed by atoms with Crippen molar-refractivity contribution >= 4 is 23.3 Å². The summed E-state index contributed by atoms with van der Waals surface area (Å²) in [6.07, 6.45) is -0.171. The molecular formula is C17H16F3N3O2S. The molecule has 5 nitrogen and oxygen atoms in total. The average molecular weight is 383 g/mol. The molecule has 0 bridgehead atoms. The second-order valence-corrected chi connectivity index (χ2v) is 6.89. The van der Waals surface area contributed by atoms with Crippen molar-refractivity contribution in [2.75, 3.05) is 6.26 Å². The number of Topliss-reactive ketones (excluding diaryl/α,β-unsaturated/α-hetero) is 2. The Hall–Kier alpha value is -2.16. The Kier molecular flexibility index (Phi) is 5.17. The summed E-state index contributed by atoms with van der Waals surface area (Å²) >= 11 is 1.30. The Balaban J connectivity index is 1.94. The van der Waals surface area contributed by atoms with E-state index in [1.54, 1.807) is 6.26 Å². The number of carbonyl (C=O) groups excluding carboxylic acids is 2. The van der Waals surface area contributed by atoms with Gasteiger partial charge in [-0.15, -0.1) is 0 Å². The maximum absolute atomic E-state index is 13.1. The van der Waals surface area contributed by atoms with Crippen molar-refractivity contribution in [1.82, 2.24) is 14.8 Å². The number of thioether (sulfide) groups is 1. The lowest BCUT2D eigenvalue weighted by Gasteiger charge is -2.14. The van der Waals surface area contributed by atoms with E-state index in [1.807, 2.05) is 0 Å². The van der Waals surface area contributed by atoms with Gasteiger partial charge in [0.2, 0.25) is 0 Å². The Morgan fingerprint density at radius 1 is 1.31 bits per heavy atom. The van der Waals surface area contributed by atoms with Gasteiger partial charge in [0.05, 0.1) is 18.5 Å². The van der Waals surface area contributed by atoms with Crippen LogP contribution in [0, 0.1) is 5.92 Å². The van der Waals surface area contributed by atoms with Crippen LogP contribution in [-0.2, 0) is 17.5 Å². The molecule has 0 unspecified atom stereocenters. The van der Waals surface area contributed by atoms with Crippen molar-refractivity contribution in [3.8, 4) is 0 Å². The lowest BCUT2D eigenvalue weighted by Crippen LogP contribution is -2.15. The van der Waals surface area contributed by atoms with E-state index in [2.05, 4.69) is 10.1 Å². The van der Waals surface area contributed by atoms with Crippen molar-refractivity contribution in [3.05, 3.63) is 41.2 Å². The first-order valence-electron chi connectivity index (χ1n) is 7.97.